The summed E-state index contributed by atoms with van der Waals surface area (Å²) in [4.78, 5) is 62.2. The van der Waals surface area contributed by atoms with Crippen molar-refractivity contribution in [2.75, 3.05) is 40.5 Å². The molecule has 2 aromatic rings. The molecule has 1 fully saturated rings. The lowest BCUT2D eigenvalue weighted by atomic mass is 9.81. The Kier molecular flexibility index (Phi) is 14.6. The predicted molar refractivity (Wildman–Crippen MR) is 204 cm³/mol. The van der Waals surface area contributed by atoms with E-state index in [9.17, 15) is 19.2 Å². The molecule has 1 saturated heterocycles. The van der Waals surface area contributed by atoms with Crippen LogP contribution in [-0.4, -0.2) is 99.4 Å². The van der Waals surface area contributed by atoms with Gasteiger partial charge in [-0.2, -0.15) is 0 Å². The number of nitrogens with zero attached hydrogens (tertiary/aromatic N) is 3. The zero-order chi connectivity index (χ0) is 38.3. The fourth-order valence-corrected chi connectivity index (χ4v) is 7.69. The first-order chi connectivity index (χ1) is 23.7. The van der Waals surface area contributed by atoms with Gasteiger partial charge < -0.3 is 29.0 Å². The lowest BCUT2D eigenvalue weighted by Crippen LogP contribution is -2.50. The van der Waals surface area contributed by atoms with Crippen LogP contribution in [-0.2, 0) is 33.1 Å². The van der Waals surface area contributed by atoms with Gasteiger partial charge in [0.25, 0.3) is 0 Å². The molecular formula is C38H60N4O7SSi. The first-order valence-electron chi connectivity index (χ1n) is 17.8. The molecule has 0 radical (unpaired) electrons. The largest absolute Gasteiger partial charge is 0.463 e. The number of aryl methyl sites for hydroxylation is 1. The van der Waals surface area contributed by atoms with E-state index in [4.69, 9.17) is 13.9 Å². The number of hydrogen-bond acceptors (Lipinski definition) is 9. The van der Waals surface area contributed by atoms with E-state index >= 15 is 0 Å². The van der Waals surface area contributed by atoms with Crippen LogP contribution < -0.4 is 5.32 Å². The summed E-state index contributed by atoms with van der Waals surface area (Å²) in [6, 6.07) is 6.29. The predicted octanol–water partition coefficient (Wildman–Crippen LogP) is 6.38. The lowest BCUT2D eigenvalue weighted by molar-refractivity contribution is -0.147. The number of methoxy groups -OCH3 is 1. The standard InChI is InChI=1S/C38H60N4O7SSi/c1-25(37(3,4)5)36(46)42-22-29(49-51(11,12)38(6,7)8)21-31(42)35(45)40-30(23-48-33(44)18-17-32(43)41(9)19-20-47-10)27-13-15-28(16-14-27)34-26(2)39-24-50-34/h13-16,24-25,29-31H,17-23H2,1-12H3,(H,40,45)/t25-,29-,30+,31+/m1/s1. The average Bonchev–Trinajstić information content (AvgIpc) is 3.68. The Morgan fingerprint density at radius 2 is 1.73 bits per heavy atom. The van der Waals surface area contributed by atoms with Crippen LogP contribution in [0.25, 0.3) is 10.4 Å². The van der Waals surface area contributed by atoms with Crippen molar-refractivity contribution >= 4 is 43.3 Å². The quantitative estimate of drug-likeness (QED) is 0.165. The summed E-state index contributed by atoms with van der Waals surface area (Å²) in [5, 5.41) is 3.09. The van der Waals surface area contributed by atoms with Gasteiger partial charge in [-0.25, -0.2) is 4.98 Å². The smallest absolute Gasteiger partial charge is 0.306 e. The van der Waals surface area contributed by atoms with Crippen molar-refractivity contribution in [1.82, 2.24) is 20.1 Å². The fourth-order valence-electron chi connectivity index (χ4n) is 5.52. The number of hydrogen-bond donors (Lipinski definition) is 1. The molecule has 51 heavy (non-hydrogen) atoms. The lowest BCUT2D eigenvalue weighted by Gasteiger charge is -2.38. The maximum absolute atomic E-state index is 14.3. The van der Waals surface area contributed by atoms with Gasteiger partial charge in [0.15, 0.2) is 8.32 Å². The molecule has 1 aromatic heterocycles. The Labute approximate surface area is 309 Å². The van der Waals surface area contributed by atoms with Crippen LogP contribution in [0, 0.1) is 18.3 Å². The summed E-state index contributed by atoms with van der Waals surface area (Å²) >= 11 is 1.55. The number of aromatic nitrogens is 1. The molecule has 1 N–H and O–H groups in total. The average molecular weight is 745 g/mol. The highest BCUT2D eigenvalue weighted by molar-refractivity contribution is 7.13. The maximum Gasteiger partial charge on any atom is 0.306 e. The number of ether oxygens (including phenoxy) is 2. The Hall–Kier alpha value is -3.13. The van der Waals surface area contributed by atoms with E-state index in [0.717, 1.165) is 21.7 Å². The van der Waals surface area contributed by atoms with Crippen molar-refractivity contribution in [1.29, 1.82) is 0 Å². The topological polar surface area (TPSA) is 127 Å². The number of carbonyl (C=O) groups excluding carboxylic acids is 4. The number of amides is 3. The Balaban J connectivity index is 1.86. The number of thiazole rings is 1. The Morgan fingerprint density at radius 3 is 2.27 bits per heavy atom. The molecule has 3 amide bonds. The van der Waals surface area contributed by atoms with Gasteiger partial charge in [0.05, 0.1) is 41.3 Å². The third-order valence-electron chi connectivity index (χ3n) is 10.4. The molecule has 0 unspecified atom stereocenters. The van der Waals surface area contributed by atoms with Crippen LogP contribution in [0.1, 0.15) is 85.0 Å². The van der Waals surface area contributed by atoms with Crippen molar-refractivity contribution in [3.05, 3.63) is 41.0 Å². The summed E-state index contributed by atoms with van der Waals surface area (Å²) in [6.07, 6.45) is -0.00621. The van der Waals surface area contributed by atoms with E-state index in [-0.39, 0.29) is 59.6 Å². The van der Waals surface area contributed by atoms with Crippen LogP contribution in [0.15, 0.2) is 29.8 Å². The zero-order valence-electron chi connectivity index (χ0n) is 32.8. The van der Waals surface area contributed by atoms with E-state index in [2.05, 4.69) is 44.2 Å². The first-order valence-corrected chi connectivity index (χ1v) is 21.6. The summed E-state index contributed by atoms with van der Waals surface area (Å²) in [5.41, 5.74) is 4.17. The first kappa shape index (κ1) is 42.3. The highest BCUT2D eigenvalue weighted by Crippen LogP contribution is 2.40. The molecule has 3 rings (SSSR count). The van der Waals surface area contributed by atoms with Crippen LogP contribution >= 0.6 is 11.3 Å². The van der Waals surface area contributed by atoms with Crippen LogP contribution in [0.5, 0.6) is 0 Å². The van der Waals surface area contributed by atoms with E-state index in [1.165, 1.54) is 4.90 Å². The third-order valence-corrected chi connectivity index (χ3v) is 15.9. The van der Waals surface area contributed by atoms with Crippen LogP contribution in [0.2, 0.25) is 18.1 Å². The molecule has 0 bridgehead atoms. The summed E-state index contributed by atoms with van der Waals surface area (Å²) < 4.78 is 17.5. The monoisotopic (exact) mass is 744 g/mol. The van der Waals surface area contributed by atoms with E-state index in [0.29, 0.717) is 26.1 Å². The molecule has 284 valence electrons. The molecule has 1 aliphatic rings. The summed E-state index contributed by atoms with van der Waals surface area (Å²) in [6.45, 7) is 21.8. The second-order valence-electron chi connectivity index (χ2n) is 16.3. The summed E-state index contributed by atoms with van der Waals surface area (Å²) in [5.74, 6) is -1.47. The van der Waals surface area contributed by atoms with Crippen molar-refractivity contribution in [2.24, 2.45) is 11.3 Å². The van der Waals surface area contributed by atoms with Gasteiger partial charge in [0.2, 0.25) is 17.7 Å². The molecule has 2 heterocycles. The molecule has 0 aliphatic carbocycles. The van der Waals surface area contributed by atoms with Gasteiger partial charge in [-0.1, -0.05) is 72.7 Å². The number of likely N-dealkylation sites (tertiary alicyclic amines) is 1. The molecule has 1 aliphatic heterocycles. The van der Waals surface area contributed by atoms with Gasteiger partial charge in [0.1, 0.15) is 12.6 Å². The number of esters is 1. The molecular weight excluding hydrogens is 685 g/mol. The number of likely N-dealkylation sites (N-methyl/N-ethyl adjacent to an activating group) is 1. The van der Waals surface area contributed by atoms with Crippen molar-refractivity contribution in [3.63, 3.8) is 0 Å². The highest BCUT2D eigenvalue weighted by Gasteiger charge is 2.47. The van der Waals surface area contributed by atoms with Crippen molar-refractivity contribution in [2.45, 2.75) is 111 Å². The van der Waals surface area contributed by atoms with E-state index in [1.807, 2.05) is 58.9 Å². The van der Waals surface area contributed by atoms with Gasteiger partial charge >= 0.3 is 5.97 Å². The molecule has 0 saturated carbocycles. The molecule has 4 atom stereocenters. The second kappa shape index (κ2) is 17.6. The maximum atomic E-state index is 14.3. The van der Waals surface area contributed by atoms with E-state index in [1.54, 1.807) is 35.9 Å². The van der Waals surface area contributed by atoms with Crippen molar-refractivity contribution < 1.29 is 33.1 Å². The Bertz CT molecular complexity index is 1500. The minimum Gasteiger partial charge on any atom is -0.463 e. The normalized spacial score (nSPS) is 17.9. The third kappa shape index (κ3) is 11.4. The van der Waals surface area contributed by atoms with Crippen LogP contribution in [0.3, 0.4) is 0 Å². The van der Waals surface area contributed by atoms with Gasteiger partial charge in [-0.3, -0.25) is 19.2 Å². The highest BCUT2D eigenvalue weighted by atomic mass is 32.1. The minimum absolute atomic E-state index is 0.000304. The number of carbonyl (C=O) groups is 4. The van der Waals surface area contributed by atoms with Crippen molar-refractivity contribution in [3.8, 4) is 10.4 Å². The molecule has 11 nitrogen and oxygen atoms in total. The number of nitrogens with one attached hydrogen (secondary N) is 1. The zero-order valence-corrected chi connectivity index (χ0v) is 34.6. The van der Waals surface area contributed by atoms with Crippen LogP contribution in [0.4, 0.5) is 0 Å². The molecule has 13 heteroatoms. The Morgan fingerprint density at radius 1 is 1.08 bits per heavy atom. The number of benzene rings is 1. The second-order valence-corrected chi connectivity index (χ2v) is 21.9. The number of rotatable bonds is 15. The fraction of sp³-hybridized carbons (Fsp3) is 0.658. The SMILES string of the molecule is COCCN(C)C(=O)CCC(=O)OC[C@H](NC(=O)[C@@H]1C[C@@H](O[Si](C)(C)C(C)(C)C)CN1C(=O)[C@@H](C)C(C)(C)C)c1ccc(-c2scnc2C)cc1. The van der Waals surface area contributed by atoms with Gasteiger partial charge in [0, 0.05) is 46.0 Å². The molecule has 0 spiro atoms. The van der Waals surface area contributed by atoms with Gasteiger partial charge in [-0.15, -0.1) is 11.3 Å². The summed E-state index contributed by atoms with van der Waals surface area (Å²) in [7, 11) is 1.03. The molecule has 1 aromatic carbocycles. The minimum atomic E-state index is -2.20. The van der Waals surface area contributed by atoms with Gasteiger partial charge in [-0.05, 0) is 41.6 Å². The van der Waals surface area contributed by atoms with E-state index < -0.39 is 26.4 Å².